The van der Waals surface area contributed by atoms with Gasteiger partial charge in [-0.25, -0.2) is 14.3 Å². The van der Waals surface area contributed by atoms with Crippen LogP contribution in [-0.2, 0) is 22.6 Å². The van der Waals surface area contributed by atoms with Gasteiger partial charge in [-0.2, -0.15) is 0 Å². The Bertz CT molecular complexity index is 946. The summed E-state index contributed by atoms with van der Waals surface area (Å²) in [5.41, 5.74) is 1.78. The van der Waals surface area contributed by atoms with Gasteiger partial charge in [0, 0.05) is 6.42 Å². The maximum absolute atomic E-state index is 12.4. The van der Waals surface area contributed by atoms with Crippen molar-refractivity contribution in [3.63, 3.8) is 0 Å². The number of carbonyl (C=O) groups excluding carboxylic acids is 1. The number of rotatable bonds is 8. The second-order valence-electron chi connectivity index (χ2n) is 6.44. The smallest absolute Gasteiger partial charge is 0.408 e. The first-order valence-electron chi connectivity index (χ1n) is 9.06. The van der Waals surface area contributed by atoms with Gasteiger partial charge in [-0.1, -0.05) is 60.7 Å². The Hall–Kier alpha value is -3.75. The highest BCUT2D eigenvalue weighted by atomic mass is 16.5. The zero-order valence-electron chi connectivity index (χ0n) is 15.8. The molecule has 0 saturated carbocycles. The van der Waals surface area contributed by atoms with E-state index in [1.54, 1.807) is 0 Å². The van der Waals surface area contributed by atoms with Gasteiger partial charge in [-0.15, -0.1) is 5.10 Å². The quantitative estimate of drug-likeness (QED) is 0.601. The Labute approximate surface area is 167 Å². The normalized spacial score (nSPS) is 12.7. The highest BCUT2D eigenvalue weighted by Crippen LogP contribution is 2.19. The number of carbonyl (C=O) groups is 2. The molecule has 0 radical (unpaired) electrons. The summed E-state index contributed by atoms with van der Waals surface area (Å²) in [4.78, 5) is 23.8. The molecule has 0 saturated heterocycles. The third kappa shape index (κ3) is 5.38. The summed E-state index contributed by atoms with van der Waals surface area (Å²) in [7, 11) is 0. The summed E-state index contributed by atoms with van der Waals surface area (Å²) >= 11 is 0. The van der Waals surface area contributed by atoms with Gasteiger partial charge < -0.3 is 15.2 Å². The lowest BCUT2D eigenvalue weighted by Gasteiger charge is -2.19. The van der Waals surface area contributed by atoms with Gasteiger partial charge in [-0.05, 0) is 28.5 Å². The molecule has 2 N–H and O–H groups in total. The third-order valence-electron chi connectivity index (χ3n) is 4.34. The summed E-state index contributed by atoms with van der Waals surface area (Å²) in [6.07, 6.45) is -0.277. The molecule has 9 heteroatoms. The number of amides is 1. The molecule has 0 aliphatic heterocycles. The second kappa shape index (κ2) is 9.45. The lowest BCUT2D eigenvalue weighted by molar-refractivity contribution is -0.140. The molecule has 0 spiro atoms. The number of hydrogen-bond donors (Lipinski definition) is 2. The SMILES string of the molecule is CC(C(=O)O)n1nnnc1[C@H](Cc1ccccc1)NC(=O)OCc1ccccc1. The van der Waals surface area contributed by atoms with Crippen molar-refractivity contribution in [2.75, 3.05) is 0 Å². The van der Waals surface area contributed by atoms with Crippen molar-refractivity contribution in [2.24, 2.45) is 0 Å². The molecular formula is C20H21N5O4. The van der Waals surface area contributed by atoms with Crippen LogP contribution in [0.25, 0.3) is 0 Å². The van der Waals surface area contributed by atoms with Crippen LogP contribution in [0, 0.1) is 0 Å². The van der Waals surface area contributed by atoms with E-state index >= 15 is 0 Å². The number of hydrogen-bond acceptors (Lipinski definition) is 6. The largest absolute Gasteiger partial charge is 0.480 e. The first-order chi connectivity index (χ1) is 14.0. The molecule has 0 bridgehead atoms. The Morgan fingerprint density at radius 1 is 1.07 bits per heavy atom. The molecule has 2 atom stereocenters. The number of alkyl carbamates (subject to hydrolysis) is 1. The molecule has 1 amide bonds. The first-order valence-corrected chi connectivity index (χ1v) is 9.06. The van der Waals surface area contributed by atoms with Crippen LogP contribution in [-0.4, -0.2) is 37.4 Å². The average molecular weight is 395 g/mol. The number of tetrazole rings is 1. The fourth-order valence-electron chi connectivity index (χ4n) is 2.77. The maximum Gasteiger partial charge on any atom is 0.408 e. The Kier molecular flexibility index (Phi) is 6.51. The molecule has 1 unspecified atom stereocenters. The van der Waals surface area contributed by atoms with Crippen molar-refractivity contribution in [3.8, 4) is 0 Å². The summed E-state index contributed by atoms with van der Waals surface area (Å²) in [6, 6.07) is 17.1. The van der Waals surface area contributed by atoms with Gasteiger partial charge in [0.2, 0.25) is 0 Å². The molecule has 3 rings (SSSR count). The van der Waals surface area contributed by atoms with Crippen molar-refractivity contribution in [2.45, 2.75) is 32.0 Å². The monoisotopic (exact) mass is 395 g/mol. The number of carboxylic acid groups (broad SMARTS) is 1. The van der Waals surface area contributed by atoms with Gasteiger partial charge in [0.05, 0.1) is 6.04 Å². The third-order valence-corrected chi connectivity index (χ3v) is 4.34. The van der Waals surface area contributed by atoms with Gasteiger partial charge in [0.25, 0.3) is 0 Å². The summed E-state index contributed by atoms with van der Waals surface area (Å²) in [5.74, 6) is -0.843. The fraction of sp³-hybridized carbons (Fsp3) is 0.250. The lowest BCUT2D eigenvalue weighted by atomic mass is 10.1. The number of carboxylic acids is 1. The standard InChI is InChI=1S/C20H21N5O4/c1-14(19(26)27)25-18(22-23-24-25)17(12-15-8-4-2-5-9-15)21-20(28)29-13-16-10-6-3-7-11-16/h2-11,14,17H,12-13H2,1H3,(H,21,28)(H,26,27)/t14?,17-/m0/s1. The number of nitrogens with zero attached hydrogens (tertiary/aromatic N) is 4. The molecule has 3 aromatic rings. The molecule has 0 fully saturated rings. The van der Waals surface area contributed by atoms with E-state index in [0.717, 1.165) is 11.1 Å². The fourth-order valence-corrected chi connectivity index (χ4v) is 2.77. The van der Waals surface area contributed by atoms with Crippen LogP contribution >= 0.6 is 0 Å². The number of aliphatic carboxylic acids is 1. The predicted octanol–water partition coefficient (Wildman–Crippen LogP) is 2.53. The molecule has 1 aromatic heterocycles. The molecular weight excluding hydrogens is 374 g/mol. The van der Waals surface area contributed by atoms with Gasteiger partial charge >= 0.3 is 12.1 Å². The molecule has 0 aliphatic rings. The van der Waals surface area contributed by atoms with Gasteiger partial charge in [0.15, 0.2) is 11.9 Å². The van der Waals surface area contributed by atoms with Crippen LogP contribution in [0.2, 0.25) is 0 Å². The Balaban J connectivity index is 1.77. The van der Waals surface area contributed by atoms with Gasteiger partial charge in [-0.3, -0.25) is 0 Å². The van der Waals surface area contributed by atoms with E-state index in [9.17, 15) is 14.7 Å². The minimum atomic E-state index is -1.08. The van der Waals surface area contributed by atoms with Crippen molar-refractivity contribution >= 4 is 12.1 Å². The molecule has 29 heavy (non-hydrogen) atoms. The predicted molar refractivity (Wildman–Crippen MR) is 103 cm³/mol. The molecule has 150 valence electrons. The maximum atomic E-state index is 12.4. The highest BCUT2D eigenvalue weighted by Gasteiger charge is 2.27. The van der Waals surface area contributed by atoms with Crippen LogP contribution in [0.3, 0.4) is 0 Å². The van der Waals surface area contributed by atoms with E-state index in [1.165, 1.54) is 11.6 Å². The van der Waals surface area contributed by atoms with Crippen LogP contribution in [0.4, 0.5) is 4.79 Å². The second-order valence-corrected chi connectivity index (χ2v) is 6.44. The van der Waals surface area contributed by atoms with E-state index < -0.39 is 24.1 Å². The topological polar surface area (TPSA) is 119 Å². The first kappa shape index (κ1) is 20.0. The molecule has 1 heterocycles. The minimum absolute atomic E-state index is 0.112. The zero-order valence-corrected chi connectivity index (χ0v) is 15.8. The molecule has 9 nitrogen and oxygen atoms in total. The lowest BCUT2D eigenvalue weighted by Crippen LogP contribution is -2.33. The Morgan fingerprint density at radius 2 is 1.69 bits per heavy atom. The number of benzene rings is 2. The van der Waals surface area contributed by atoms with E-state index in [-0.39, 0.29) is 12.4 Å². The zero-order chi connectivity index (χ0) is 20.6. The van der Waals surface area contributed by atoms with Crippen molar-refractivity contribution < 1.29 is 19.4 Å². The molecule has 2 aromatic carbocycles. The van der Waals surface area contributed by atoms with Crippen molar-refractivity contribution in [1.82, 2.24) is 25.5 Å². The van der Waals surface area contributed by atoms with Crippen molar-refractivity contribution in [3.05, 3.63) is 77.6 Å². The van der Waals surface area contributed by atoms with E-state index in [2.05, 4.69) is 20.8 Å². The average Bonchev–Trinajstić information content (AvgIpc) is 3.22. The molecule has 0 aliphatic carbocycles. The summed E-state index contributed by atoms with van der Waals surface area (Å²) in [5, 5.41) is 23.4. The number of ether oxygens (including phenoxy) is 1. The van der Waals surface area contributed by atoms with Crippen LogP contribution in [0.1, 0.15) is 36.0 Å². The minimum Gasteiger partial charge on any atom is -0.480 e. The highest BCUT2D eigenvalue weighted by molar-refractivity contribution is 5.71. The Morgan fingerprint density at radius 3 is 2.31 bits per heavy atom. The van der Waals surface area contributed by atoms with E-state index in [0.29, 0.717) is 6.42 Å². The van der Waals surface area contributed by atoms with Crippen LogP contribution in [0.5, 0.6) is 0 Å². The number of aromatic nitrogens is 4. The number of nitrogens with one attached hydrogen (secondary N) is 1. The van der Waals surface area contributed by atoms with Crippen molar-refractivity contribution in [1.29, 1.82) is 0 Å². The van der Waals surface area contributed by atoms with Crippen LogP contribution in [0.15, 0.2) is 60.7 Å². The summed E-state index contributed by atoms with van der Waals surface area (Å²) in [6.45, 7) is 1.58. The summed E-state index contributed by atoms with van der Waals surface area (Å²) < 4.78 is 6.49. The van der Waals surface area contributed by atoms with Gasteiger partial charge in [0.1, 0.15) is 6.61 Å². The van der Waals surface area contributed by atoms with E-state index in [1.807, 2.05) is 60.7 Å². The van der Waals surface area contributed by atoms with Crippen LogP contribution < -0.4 is 5.32 Å². The van der Waals surface area contributed by atoms with E-state index in [4.69, 9.17) is 4.74 Å².